The number of carboxylic acid groups (broad SMARTS) is 1. The van der Waals surface area contributed by atoms with E-state index in [1.54, 1.807) is 0 Å². The Labute approximate surface area is 108 Å². The third-order valence-electron chi connectivity index (χ3n) is 2.61. The Morgan fingerprint density at radius 1 is 1.42 bits per heavy atom. The first-order valence-electron chi connectivity index (χ1n) is 5.30. The van der Waals surface area contributed by atoms with Gasteiger partial charge in [-0.25, -0.2) is 4.21 Å². The molecule has 0 bridgehead atoms. The van der Waals surface area contributed by atoms with Crippen LogP contribution in [0.5, 0.6) is 0 Å². The molecule has 0 rings (SSSR count). The quantitative estimate of drug-likeness (QED) is 0.546. The summed E-state index contributed by atoms with van der Waals surface area (Å²) in [5, 5.41) is 17.6. The van der Waals surface area contributed by atoms with Crippen LogP contribution >= 0.6 is 0 Å². The van der Waals surface area contributed by atoms with E-state index in [1.165, 1.54) is 0 Å². The number of hydrogen-bond acceptors (Lipinski definition) is 5. The number of nitrogens with one attached hydrogen (secondary N) is 1. The monoisotopic (exact) mass is 306 g/mol. The van der Waals surface area contributed by atoms with Gasteiger partial charge in [-0.05, 0) is 19.8 Å². The summed E-state index contributed by atoms with van der Waals surface area (Å²) in [4.78, 5) is 10.4. The van der Waals surface area contributed by atoms with E-state index in [0.717, 1.165) is 0 Å². The molecule has 0 aromatic rings. The zero-order chi connectivity index (χ0) is 15.5. The minimum absolute atomic E-state index is 0.272. The summed E-state index contributed by atoms with van der Waals surface area (Å²) in [6, 6.07) is -1.31. The predicted molar refractivity (Wildman–Crippen MR) is 62.1 cm³/mol. The molecule has 3 atom stereocenters. The van der Waals surface area contributed by atoms with Crippen molar-refractivity contribution in [3.05, 3.63) is 0 Å². The van der Waals surface area contributed by atoms with Gasteiger partial charge in [0, 0.05) is 21.2 Å². The molecule has 0 aromatic heterocycles. The van der Waals surface area contributed by atoms with E-state index in [2.05, 4.69) is 0 Å². The summed E-state index contributed by atoms with van der Waals surface area (Å²) in [5.41, 5.74) is 2.11. The second-order valence-electron chi connectivity index (χ2n) is 4.48. The average molecular weight is 306 g/mol. The molecule has 10 heteroatoms. The smallest absolute Gasteiger partial charge is 0.416 e. The Kier molecular flexibility index (Phi) is 5.78. The molecule has 0 amide bonds. The molecule has 0 heterocycles. The molecule has 0 aliphatic heterocycles. The first kappa shape index (κ1) is 18.1. The summed E-state index contributed by atoms with van der Waals surface area (Å²) < 4.78 is 56.0. The molecule has 0 radical (unpaired) electrons. The van der Waals surface area contributed by atoms with E-state index in [4.69, 9.17) is 20.7 Å². The SMILES string of the molecule is C[C@@](O)(CC[S@](=N)(=O)CC[C@H](N)C(=O)O)C(F)(F)F. The van der Waals surface area contributed by atoms with Crippen LogP contribution in [-0.2, 0) is 14.5 Å². The zero-order valence-corrected chi connectivity index (χ0v) is 11.1. The van der Waals surface area contributed by atoms with Gasteiger partial charge in [0.25, 0.3) is 0 Å². The average Bonchev–Trinajstić information content (AvgIpc) is 2.22. The lowest BCUT2D eigenvalue weighted by molar-refractivity contribution is -0.253. The van der Waals surface area contributed by atoms with Crippen LogP contribution in [0, 0.1) is 4.78 Å². The maximum atomic E-state index is 12.3. The Bertz CT molecular complexity index is 420. The number of carbonyl (C=O) groups is 1. The van der Waals surface area contributed by atoms with Gasteiger partial charge < -0.3 is 15.9 Å². The minimum atomic E-state index is -4.88. The van der Waals surface area contributed by atoms with E-state index < -0.39 is 51.4 Å². The molecule has 0 aliphatic rings. The second-order valence-corrected chi connectivity index (χ2v) is 6.92. The lowest BCUT2D eigenvalue weighted by atomic mass is 10.0. The fourth-order valence-corrected chi connectivity index (χ4v) is 2.61. The normalized spacial score (nSPS) is 20.3. The Morgan fingerprint density at radius 3 is 2.26 bits per heavy atom. The number of hydrogen-bond donors (Lipinski definition) is 4. The number of alkyl halides is 3. The van der Waals surface area contributed by atoms with E-state index in [-0.39, 0.29) is 6.42 Å². The molecule has 0 aliphatic carbocycles. The maximum Gasteiger partial charge on any atom is 0.416 e. The molecule has 19 heavy (non-hydrogen) atoms. The van der Waals surface area contributed by atoms with E-state index in [1.807, 2.05) is 0 Å². The van der Waals surface area contributed by atoms with Crippen molar-refractivity contribution < 1.29 is 32.4 Å². The van der Waals surface area contributed by atoms with Crippen molar-refractivity contribution in [3.8, 4) is 0 Å². The summed E-state index contributed by atoms with van der Waals surface area (Å²) in [5.74, 6) is -2.43. The number of rotatable bonds is 7. The van der Waals surface area contributed by atoms with Gasteiger partial charge in [-0.2, -0.15) is 13.2 Å². The fourth-order valence-electron chi connectivity index (χ4n) is 1.05. The minimum Gasteiger partial charge on any atom is -0.480 e. The highest BCUT2D eigenvalue weighted by molar-refractivity contribution is 7.92. The van der Waals surface area contributed by atoms with Gasteiger partial charge in [0.2, 0.25) is 0 Å². The van der Waals surface area contributed by atoms with Crippen LogP contribution in [-0.4, -0.2) is 49.7 Å². The Morgan fingerprint density at radius 2 is 1.89 bits per heavy atom. The molecular formula is C9H17F3N2O4S. The van der Waals surface area contributed by atoms with E-state index in [9.17, 15) is 22.2 Å². The first-order chi connectivity index (χ1) is 8.28. The van der Waals surface area contributed by atoms with Crippen LogP contribution in [0.3, 0.4) is 0 Å². The fraction of sp³-hybridized carbons (Fsp3) is 0.889. The van der Waals surface area contributed by atoms with Crippen LogP contribution in [0.4, 0.5) is 13.2 Å². The van der Waals surface area contributed by atoms with Crippen molar-refractivity contribution >= 4 is 15.7 Å². The van der Waals surface area contributed by atoms with Crippen molar-refractivity contribution in [2.24, 2.45) is 5.73 Å². The third kappa shape index (κ3) is 6.21. The van der Waals surface area contributed by atoms with Gasteiger partial charge in [0.1, 0.15) is 6.04 Å². The van der Waals surface area contributed by atoms with Gasteiger partial charge in [0.15, 0.2) is 5.60 Å². The first-order valence-corrected chi connectivity index (χ1v) is 7.20. The number of aliphatic carboxylic acids is 1. The number of nitrogens with two attached hydrogens (primary N) is 1. The molecule has 0 unspecified atom stereocenters. The topological polar surface area (TPSA) is 124 Å². The molecule has 0 saturated heterocycles. The molecule has 6 nitrogen and oxygen atoms in total. The Balaban J connectivity index is 4.45. The molecule has 5 N–H and O–H groups in total. The summed E-state index contributed by atoms with van der Waals surface area (Å²) in [7, 11) is -3.41. The maximum absolute atomic E-state index is 12.3. The molecule has 114 valence electrons. The van der Waals surface area contributed by atoms with Crippen LogP contribution < -0.4 is 5.73 Å². The highest BCUT2D eigenvalue weighted by Crippen LogP contribution is 2.32. The van der Waals surface area contributed by atoms with Crippen LogP contribution in [0.1, 0.15) is 19.8 Å². The summed E-state index contributed by atoms with van der Waals surface area (Å²) in [6.45, 7) is 0.533. The molecule has 0 spiro atoms. The second kappa shape index (κ2) is 6.06. The van der Waals surface area contributed by atoms with Crippen LogP contribution in [0.2, 0.25) is 0 Å². The standard InChI is InChI=1S/C9H17F3N2O4S/c1-8(17,9(10,11)12)3-5-19(14,18)4-2-6(13)7(15)16/h6,14,17H,2-5,13H2,1H3,(H,15,16)/t6-,8+,19+/m0/s1. The third-order valence-corrected chi connectivity index (χ3v) is 4.36. The van der Waals surface area contributed by atoms with Gasteiger partial charge in [-0.3, -0.25) is 9.57 Å². The lowest BCUT2D eigenvalue weighted by Gasteiger charge is -2.26. The predicted octanol–water partition coefficient (Wildman–Crippen LogP) is 0.539. The van der Waals surface area contributed by atoms with E-state index in [0.29, 0.717) is 6.92 Å². The number of aliphatic hydroxyl groups is 1. The van der Waals surface area contributed by atoms with Crippen molar-refractivity contribution in [2.45, 2.75) is 37.6 Å². The van der Waals surface area contributed by atoms with Gasteiger partial charge in [0.05, 0.1) is 0 Å². The molecule has 0 aromatic carbocycles. The van der Waals surface area contributed by atoms with E-state index >= 15 is 0 Å². The summed E-state index contributed by atoms with van der Waals surface area (Å²) in [6.07, 6.45) is -6.03. The van der Waals surface area contributed by atoms with Crippen LogP contribution in [0.25, 0.3) is 0 Å². The van der Waals surface area contributed by atoms with Crippen molar-refractivity contribution in [2.75, 3.05) is 11.5 Å². The number of halogens is 3. The molecule has 0 fully saturated rings. The molecular weight excluding hydrogens is 289 g/mol. The van der Waals surface area contributed by atoms with Crippen molar-refractivity contribution in [1.82, 2.24) is 0 Å². The highest BCUT2D eigenvalue weighted by atomic mass is 32.2. The zero-order valence-electron chi connectivity index (χ0n) is 10.2. The Hall–Kier alpha value is -0.870. The summed E-state index contributed by atoms with van der Waals surface area (Å²) >= 11 is 0. The highest BCUT2D eigenvalue weighted by Gasteiger charge is 2.49. The largest absolute Gasteiger partial charge is 0.480 e. The van der Waals surface area contributed by atoms with Gasteiger partial charge in [-0.1, -0.05) is 0 Å². The van der Waals surface area contributed by atoms with Crippen LogP contribution in [0.15, 0.2) is 0 Å². The number of carboxylic acids is 1. The van der Waals surface area contributed by atoms with Crippen molar-refractivity contribution in [1.29, 1.82) is 4.78 Å². The molecule has 0 saturated carbocycles. The van der Waals surface area contributed by atoms with Gasteiger partial charge >= 0.3 is 12.1 Å². The van der Waals surface area contributed by atoms with Crippen molar-refractivity contribution in [3.63, 3.8) is 0 Å². The lowest BCUT2D eigenvalue weighted by Crippen LogP contribution is -2.43. The van der Waals surface area contributed by atoms with Gasteiger partial charge in [-0.15, -0.1) is 0 Å².